The predicted octanol–water partition coefficient (Wildman–Crippen LogP) is -1.00. The van der Waals surface area contributed by atoms with Gasteiger partial charge in [-0.25, -0.2) is 0 Å². The van der Waals surface area contributed by atoms with E-state index in [1.54, 1.807) is 21.1 Å². The number of nitrogens with zero attached hydrogens (tertiary/aromatic N) is 2. The van der Waals surface area contributed by atoms with Crippen LogP contribution in [-0.2, 0) is 4.79 Å². The fourth-order valence-corrected chi connectivity index (χ4v) is 1.33. The minimum Gasteiger partial charge on any atom is -0.544 e. The molecule has 0 unspecified atom stereocenters. The highest BCUT2D eigenvalue weighted by molar-refractivity contribution is 5.70. The molecule has 2 N–H and O–H groups in total. The molecule has 0 aliphatic carbocycles. The Balaban J connectivity index is 0.000000172. The van der Waals surface area contributed by atoms with Gasteiger partial charge in [0.15, 0.2) is 12.0 Å². The summed E-state index contributed by atoms with van der Waals surface area (Å²) in [6, 6.07) is 8.08. The Morgan fingerprint density at radius 3 is 2.47 bits per heavy atom. The number of rotatable bonds is 2. The number of para-hydroxylation sites is 2. The number of hydrogen-bond donors (Lipinski definition) is 1. The van der Waals surface area contributed by atoms with E-state index in [4.69, 9.17) is 0 Å². The molecular formula is C12H18N3O2+. The molecule has 17 heavy (non-hydrogen) atoms. The van der Waals surface area contributed by atoms with E-state index in [2.05, 4.69) is 11.1 Å². The Morgan fingerprint density at radius 1 is 1.35 bits per heavy atom. The largest absolute Gasteiger partial charge is 0.544 e. The maximum Gasteiger partial charge on any atom is 0.192 e. The molecule has 0 saturated carbocycles. The molecule has 2 rings (SSSR count). The molecule has 0 spiro atoms. The molecule has 0 amide bonds. The number of carbonyl (C=O) groups is 1. The first-order valence-electron chi connectivity index (χ1n) is 5.35. The second-order valence-electron chi connectivity index (χ2n) is 4.82. The Labute approximate surface area is 101 Å². The highest BCUT2D eigenvalue weighted by Gasteiger charge is 2.06. The van der Waals surface area contributed by atoms with Crippen molar-refractivity contribution in [2.24, 2.45) is 4.99 Å². The highest BCUT2D eigenvalue weighted by atomic mass is 16.4. The van der Waals surface area contributed by atoms with E-state index in [0.717, 1.165) is 5.69 Å². The summed E-state index contributed by atoms with van der Waals surface area (Å²) in [4.78, 5) is 14.0. The highest BCUT2D eigenvalue weighted by Crippen LogP contribution is 2.20. The minimum absolute atomic E-state index is 0.0694. The average Bonchev–Trinajstić information content (AvgIpc) is 2.61. The summed E-state index contributed by atoms with van der Waals surface area (Å²) < 4.78 is 0.419. The van der Waals surface area contributed by atoms with E-state index in [9.17, 15) is 9.90 Å². The molecule has 0 bridgehead atoms. The second kappa shape index (κ2) is 5.56. The number of hydrogen-bond acceptors (Lipinski definition) is 3. The van der Waals surface area contributed by atoms with Crippen molar-refractivity contribution >= 4 is 23.7 Å². The predicted molar refractivity (Wildman–Crippen MR) is 64.1 cm³/mol. The van der Waals surface area contributed by atoms with Crippen LogP contribution in [0.15, 0.2) is 29.3 Å². The lowest BCUT2D eigenvalue weighted by atomic mass is 10.3. The van der Waals surface area contributed by atoms with Gasteiger partial charge in [-0.3, -0.25) is 5.32 Å². The summed E-state index contributed by atoms with van der Waals surface area (Å²) in [7, 11) is 5.40. The minimum atomic E-state index is -1.00. The number of aliphatic carboxylic acids is 1. The Hall–Kier alpha value is -1.72. The lowest BCUT2D eigenvalue weighted by Gasteiger charge is -2.23. The van der Waals surface area contributed by atoms with Crippen LogP contribution < -0.4 is 10.4 Å². The molecule has 0 atom stereocenters. The number of carboxylic acids is 1. The van der Waals surface area contributed by atoms with Gasteiger partial charge in [-0.1, -0.05) is 12.1 Å². The fraction of sp³-hybridized carbons (Fsp3) is 0.333. The molecule has 1 aromatic rings. The van der Waals surface area contributed by atoms with Crippen LogP contribution in [0.4, 0.5) is 11.4 Å². The third kappa shape index (κ3) is 5.24. The summed E-state index contributed by atoms with van der Waals surface area (Å²) in [5, 5.41) is 11.9. The van der Waals surface area contributed by atoms with Gasteiger partial charge >= 0.3 is 0 Å². The third-order valence-electron chi connectivity index (χ3n) is 2.01. The first kappa shape index (κ1) is 13.3. The van der Waals surface area contributed by atoms with E-state index in [0.29, 0.717) is 4.48 Å². The molecule has 5 nitrogen and oxygen atoms in total. The maximum absolute atomic E-state index is 9.89. The number of carboxylic acid groups (broad SMARTS) is 1. The van der Waals surface area contributed by atoms with Crippen molar-refractivity contribution < 1.29 is 19.7 Å². The maximum atomic E-state index is 9.89. The molecule has 5 heteroatoms. The number of carbonyl (C=O) groups excluding carboxylic acids is 1. The van der Waals surface area contributed by atoms with Gasteiger partial charge in [-0.2, -0.15) is 4.99 Å². The monoisotopic (exact) mass is 236 g/mol. The Morgan fingerprint density at radius 2 is 2.00 bits per heavy atom. The quantitative estimate of drug-likeness (QED) is 0.528. The zero-order valence-corrected chi connectivity index (χ0v) is 10.4. The summed E-state index contributed by atoms with van der Waals surface area (Å²) in [6.45, 7) is 0.0694. The molecule has 1 aliphatic heterocycles. The van der Waals surface area contributed by atoms with E-state index in [1.807, 2.05) is 29.9 Å². The van der Waals surface area contributed by atoms with Gasteiger partial charge in [0.05, 0.1) is 27.1 Å². The van der Waals surface area contributed by atoms with Gasteiger partial charge in [-0.15, -0.1) is 0 Å². The van der Waals surface area contributed by atoms with Gasteiger partial charge in [0.25, 0.3) is 0 Å². The first-order chi connectivity index (χ1) is 7.88. The van der Waals surface area contributed by atoms with Crippen LogP contribution in [0, 0.1) is 0 Å². The molecule has 92 valence electrons. The Kier molecular flexibility index (Phi) is 4.37. The van der Waals surface area contributed by atoms with Gasteiger partial charge in [0.1, 0.15) is 12.2 Å². The summed E-state index contributed by atoms with van der Waals surface area (Å²) in [6.07, 6.45) is 1.82. The summed E-state index contributed by atoms with van der Waals surface area (Å²) in [5.41, 5.74) is 2.30. The zero-order valence-electron chi connectivity index (χ0n) is 10.4. The van der Waals surface area contributed by atoms with Crippen LogP contribution >= 0.6 is 0 Å². The molecule has 1 heterocycles. The van der Waals surface area contributed by atoms with Crippen LogP contribution in [0.5, 0.6) is 0 Å². The lowest BCUT2D eigenvalue weighted by Crippen LogP contribution is -2.74. The summed E-state index contributed by atoms with van der Waals surface area (Å²) in [5.74, 6) is -1.00. The second-order valence-corrected chi connectivity index (χ2v) is 4.82. The first-order valence-corrected chi connectivity index (χ1v) is 5.35. The molecular weight excluding hydrogens is 218 g/mol. The van der Waals surface area contributed by atoms with Gasteiger partial charge in [-0.05, 0) is 6.07 Å². The van der Waals surface area contributed by atoms with Crippen molar-refractivity contribution in [2.45, 2.75) is 0 Å². The van der Waals surface area contributed by atoms with Crippen molar-refractivity contribution in [1.29, 1.82) is 0 Å². The molecule has 0 saturated heterocycles. The smallest absolute Gasteiger partial charge is 0.192 e. The van der Waals surface area contributed by atoms with Crippen molar-refractivity contribution in [3.63, 3.8) is 0 Å². The van der Waals surface area contributed by atoms with Gasteiger partial charge in [0.2, 0.25) is 0 Å². The van der Waals surface area contributed by atoms with E-state index in [-0.39, 0.29) is 6.54 Å². The van der Waals surface area contributed by atoms with E-state index < -0.39 is 5.97 Å². The Bertz CT molecular complexity index is 422. The normalized spacial score (nSPS) is 12.6. The third-order valence-corrected chi connectivity index (χ3v) is 2.01. The molecule has 1 aromatic carbocycles. The van der Waals surface area contributed by atoms with Crippen LogP contribution in [0.2, 0.25) is 0 Å². The SMILES string of the molecule is C1=Nc2ccccc2[NH2+]1.C[N+](C)(C)CC(=O)[O-]. The molecule has 0 aromatic heterocycles. The van der Waals surface area contributed by atoms with Gasteiger partial charge < -0.3 is 14.4 Å². The number of quaternary nitrogens is 2. The van der Waals surface area contributed by atoms with Crippen LogP contribution in [0.1, 0.15) is 0 Å². The number of likely N-dealkylation sites (N-methyl/N-ethyl adjacent to an activating group) is 1. The van der Waals surface area contributed by atoms with Crippen molar-refractivity contribution in [3.05, 3.63) is 24.3 Å². The molecule has 1 aliphatic rings. The zero-order chi connectivity index (χ0) is 12.9. The number of aliphatic imine (C=N–C) groups is 1. The summed E-state index contributed by atoms with van der Waals surface area (Å²) >= 11 is 0. The topological polar surface area (TPSA) is 69.1 Å². The van der Waals surface area contributed by atoms with Crippen LogP contribution in [0.3, 0.4) is 0 Å². The average molecular weight is 236 g/mol. The van der Waals surface area contributed by atoms with Crippen LogP contribution in [-0.4, -0.2) is 44.5 Å². The molecule has 0 fully saturated rings. The molecule has 0 radical (unpaired) electrons. The number of benzene rings is 1. The van der Waals surface area contributed by atoms with Crippen molar-refractivity contribution in [1.82, 2.24) is 0 Å². The standard InChI is InChI=1S/C7H6N2.C5H11NO2/c1-2-4-7-6(3-1)8-5-9-7;1-6(2,3)4-5(7)8/h1-5H,(H,8,9);4H2,1-3H3/p+1. The fourth-order valence-electron chi connectivity index (χ4n) is 1.33. The van der Waals surface area contributed by atoms with Gasteiger partial charge in [0, 0.05) is 6.07 Å². The number of fused-ring (bicyclic) bond motifs is 1. The van der Waals surface area contributed by atoms with Crippen LogP contribution in [0.25, 0.3) is 0 Å². The number of nitrogens with two attached hydrogens (primary N) is 1. The van der Waals surface area contributed by atoms with E-state index in [1.165, 1.54) is 5.69 Å². The van der Waals surface area contributed by atoms with Crippen molar-refractivity contribution in [2.75, 3.05) is 27.7 Å². The lowest BCUT2D eigenvalue weighted by molar-refractivity contribution is -0.864. The van der Waals surface area contributed by atoms with E-state index >= 15 is 0 Å². The van der Waals surface area contributed by atoms with Crippen molar-refractivity contribution in [3.8, 4) is 0 Å².